The van der Waals surface area contributed by atoms with Crippen molar-refractivity contribution in [1.82, 2.24) is 0 Å². The lowest BCUT2D eigenvalue weighted by atomic mass is 10.0. The van der Waals surface area contributed by atoms with E-state index in [1.165, 1.54) is 0 Å². The van der Waals surface area contributed by atoms with Crippen LogP contribution in [0.5, 0.6) is 0 Å². The Bertz CT molecular complexity index is 336. The second-order valence-corrected chi connectivity index (χ2v) is 3.26. The Morgan fingerprint density at radius 3 is 2.69 bits per heavy atom. The number of aryl methyl sites for hydroxylation is 1. The van der Waals surface area contributed by atoms with E-state index in [2.05, 4.69) is 6.07 Å². The maximum Gasteiger partial charge on any atom is 0.0991 e. The second kappa shape index (κ2) is 4.06. The van der Waals surface area contributed by atoms with Crippen LogP contribution in [-0.4, -0.2) is 0 Å². The molecule has 2 nitrogen and oxygen atoms in total. The first-order chi connectivity index (χ1) is 6.17. The summed E-state index contributed by atoms with van der Waals surface area (Å²) >= 11 is 0. The Labute approximate surface area is 79.0 Å². The van der Waals surface area contributed by atoms with Crippen molar-refractivity contribution >= 4 is 0 Å². The number of nitrogens with zero attached hydrogens (tertiary/aromatic N) is 1. The van der Waals surface area contributed by atoms with Crippen LogP contribution in [0.3, 0.4) is 0 Å². The lowest BCUT2D eigenvalue weighted by molar-refractivity contribution is 0.698. The van der Waals surface area contributed by atoms with Gasteiger partial charge in [0.1, 0.15) is 0 Å². The molecule has 0 aromatic heterocycles. The van der Waals surface area contributed by atoms with E-state index in [4.69, 9.17) is 11.0 Å². The largest absolute Gasteiger partial charge is 0.324 e. The first kappa shape index (κ1) is 9.76. The van der Waals surface area contributed by atoms with Gasteiger partial charge in [-0.05, 0) is 36.6 Å². The van der Waals surface area contributed by atoms with E-state index < -0.39 is 0 Å². The van der Waals surface area contributed by atoms with E-state index >= 15 is 0 Å². The fourth-order valence-electron chi connectivity index (χ4n) is 1.33. The summed E-state index contributed by atoms with van der Waals surface area (Å²) in [7, 11) is 0. The summed E-state index contributed by atoms with van der Waals surface area (Å²) in [6, 6.07) is 7.95. The number of benzene rings is 1. The van der Waals surface area contributed by atoms with Gasteiger partial charge in [-0.15, -0.1) is 0 Å². The predicted molar refractivity (Wildman–Crippen MR) is 53.1 cm³/mol. The molecule has 68 valence electrons. The minimum Gasteiger partial charge on any atom is -0.324 e. The van der Waals surface area contributed by atoms with E-state index in [9.17, 15) is 0 Å². The fourth-order valence-corrected chi connectivity index (χ4v) is 1.33. The molecule has 0 radical (unpaired) electrons. The molecule has 0 spiro atoms. The first-order valence-corrected chi connectivity index (χ1v) is 4.44. The zero-order valence-electron chi connectivity index (χ0n) is 8.04. The van der Waals surface area contributed by atoms with E-state index in [0.717, 1.165) is 17.5 Å². The van der Waals surface area contributed by atoms with Crippen molar-refractivity contribution in [1.29, 1.82) is 5.26 Å². The second-order valence-electron chi connectivity index (χ2n) is 3.26. The van der Waals surface area contributed by atoms with Gasteiger partial charge in [-0.2, -0.15) is 5.26 Å². The van der Waals surface area contributed by atoms with Crippen LogP contribution >= 0.6 is 0 Å². The van der Waals surface area contributed by atoms with Gasteiger partial charge in [0.2, 0.25) is 0 Å². The molecule has 0 fully saturated rings. The molecule has 0 aliphatic rings. The first-order valence-electron chi connectivity index (χ1n) is 4.44. The van der Waals surface area contributed by atoms with Crippen molar-refractivity contribution < 1.29 is 0 Å². The van der Waals surface area contributed by atoms with Gasteiger partial charge in [0.15, 0.2) is 0 Å². The Morgan fingerprint density at radius 1 is 1.46 bits per heavy atom. The fraction of sp³-hybridized carbons (Fsp3) is 0.364. The zero-order valence-corrected chi connectivity index (χ0v) is 8.04. The van der Waals surface area contributed by atoms with Crippen LogP contribution in [0.15, 0.2) is 18.2 Å². The molecule has 2 N–H and O–H groups in total. The van der Waals surface area contributed by atoms with Gasteiger partial charge in [-0.3, -0.25) is 0 Å². The average molecular weight is 174 g/mol. The summed E-state index contributed by atoms with van der Waals surface area (Å²) in [6.07, 6.45) is 0.897. The summed E-state index contributed by atoms with van der Waals surface area (Å²) in [5, 5.41) is 8.75. The molecular weight excluding hydrogens is 160 g/mol. The SMILES string of the molecule is CC[C@H](N)c1cc(C)cc(C#N)c1. The van der Waals surface area contributed by atoms with Crippen molar-refractivity contribution in [2.75, 3.05) is 0 Å². The predicted octanol–water partition coefficient (Wildman–Crippen LogP) is 2.28. The molecule has 0 aliphatic heterocycles. The van der Waals surface area contributed by atoms with Gasteiger partial charge in [0.25, 0.3) is 0 Å². The Hall–Kier alpha value is -1.33. The third-order valence-electron chi connectivity index (χ3n) is 2.10. The van der Waals surface area contributed by atoms with Crippen LogP contribution < -0.4 is 5.73 Å². The van der Waals surface area contributed by atoms with Crippen molar-refractivity contribution in [2.45, 2.75) is 26.3 Å². The topological polar surface area (TPSA) is 49.8 Å². The molecular formula is C11H14N2. The van der Waals surface area contributed by atoms with Crippen LogP contribution in [0.4, 0.5) is 0 Å². The highest BCUT2D eigenvalue weighted by Gasteiger charge is 2.04. The van der Waals surface area contributed by atoms with Gasteiger partial charge in [-0.25, -0.2) is 0 Å². The molecule has 2 heteroatoms. The van der Waals surface area contributed by atoms with Crippen molar-refractivity contribution in [2.24, 2.45) is 5.73 Å². The Morgan fingerprint density at radius 2 is 2.15 bits per heavy atom. The lowest BCUT2D eigenvalue weighted by Gasteiger charge is -2.10. The molecule has 0 heterocycles. The number of hydrogen-bond acceptors (Lipinski definition) is 2. The minimum atomic E-state index is 0.0481. The molecule has 0 saturated heterocycles. The molecule has 1 rings (SSSR count). The molecule has 1 atom stereocenters. The molecule has 0 aliphatic carbocycles. The highest BCUT2D eigenvalue weighted by Crippen LogP contribution is 2.17. The van der Waals surface area contributed by atoms with Gasteiger partial charge >= 0.3 is 0 Å². The summed E-state index contributed by atoms with van der Waals surface area (Å²) in [5.41, 5.74) is 8.72. The van der Waals surface area contributed by atoms with E-state index in [-0.39, 0.29) is 6.04 Å². The molecule has 1 aromatic rings. The summed E-state index contributed by atoms with van der Waals surface area (Å²) < 4.78 is 0. The highest BCUT2D eigenvalue weighted by atomic mass is 14.6. The Balaban J connectivity index is 3.10. The van der Waals surface area contributed by atoms with Crippen molar-refractivity contribution in [3.05, 3.63) is 34.9 Å². The molecule has 0 amide bonds. The van der Waals surface area contributed by atoms with Crippen LogP contribution in [0.25, 0.3) is 0 Å². The maximum atomic E-state index is 8.75. The van der Waals surface area contributed by atoms with Gasteiger partial charge in [0.05, 0.1) is 11.6 Å². The standard InChI is InChI=1S/C11H14N2/c1-3-11(13)10-5-8(2)4-9(6-10)7-12/h4-6,11H,3,13H2,1-2H3/t11-/m0/s1. The van der Waals surface area contributed by atoms with Crippen molar-refractivity contribution in [3.63, 3.8) is 0 Å². The average Bonchev–Trinajstić information content (AvgIpc) is 2.15. The van der Waals surface area contributed by atoms with Gasteiger partial charge < -0.3 is 5.73 Å². The van der Waals surface area contributed by atoms with Crippen LogP contribution in [-0.2, 0) is 0 Å². The minimum absolute atomic E-state index is 0.0481. The number of nitriles is 1. The van der Waals surface area contributed by atoms with Crippen LogP contribution in [0, 0.1) is 18.3 Å². The molecule has 0 saturated carbocycles. The lowest BCUT2D eigenvalue weighted by Crippen LogP contribution is -2.08. The summed E-state index contributed by atoms with van der Waals surface area (Å²) in [6.45, 7) is 4.02. The van der Waals surface area contributed by atoms with E-state index in [0.29, 0.717) is 5.56 Å². The maximum absolute atomic E-state index is 8.75. The highest BCUT2D eigenvalue weighted by molar-refractivity contribution is 5.38. The van der Waals surface area contributed by atoms with Gasteiger partial charge in [0, 0.05) is 6.04 Å². The summed E-state index contributed by atoms with van der Waals surface area (Å²) in [5.74, 6) is 0. The monoisotopic (exact) mass is 174 g/mol. The van der Waals surface area contributed by atoms with Gasteiger partial charge in [-0.1, -0.05) is 13.0 Å². The third kappa shape index (κ3) is 2.30. The number of rotatable bonds is 2. The molecule has 0 bridgehead atoms. The quantitative estimate of drug-likeness (QED) is 0.747. The van der Waals surface area contributed by atoms with E-state index in [1.807, 2.05) is 32.0 Å². The van der Waals surface area contributed by atoms with Crippen LogP contribution in [0.1, 0.15) is 36.1 Å². The van der Waals surface area contributed by atoms with E-state index in [1.54, 1.807) is 0 Å². The van der Waals surface area contributed by atoms with Crippen LogP contribution in [0.2, 0.25) is 0 Å². The zero-order chi connectivity index (χ0) is 9.84. The number of hydrogen-bond donors (Lipinski definition) is 1. The molecule has 13 heavy (non-hydrogen) atoms. The Kier molecular flexibility index (Phi) is 3.05. The molecule has 1 aromatic carbocycles. The number of nitrogens with two attached hydrogens (primary N) is 1. The van der Waals surface area contributed by atoms with Crippen molar-refractivity contribution in [3.8, 4) is 6.07 Å². The molecule has 0 unspecified atom stereocenters. The summed E-state index contributed by atoms with van der Waals surface area (Å²) in [4.78, 5) is 0. The smallest absolute Gasteiger partial charge is 0.0991 e. The third-order valence-corrected chi connectivity index (χ3v) is 2.10. The normalized spacial score (nSPS) is 12.2.